The Morgan fingerprint density at radius 3 is 2.33 bits per heavy atom. The van der Waals surface area contributed by atoms with Gasteiger partial charge in [0.05, 0.1) is 13.0 Å². The zero-order chi connectivity index (χ0) is 25.5. The maximum absolute atomic E-state index is 13.7. The smallest absolute Gasteiger partial charge is 0.227 e. The second kappa shape index (κ2) is 12.2. The summed E-state index contributed by atoms with van der Waals surface area (Å²) in [5.41, 5.74) is 3.18. The summed E-state index contributed by atoms with van der Waals surface area (Å²) in [6.07, 6.45) is 2.11. The number of rotatable bonds is 9. The fourth-order valence-corrected chi connectivity index (χ4v) is 4.86. The minimum absolute atomic E-state index is 0.0940. The molecule has 190 valence electrons. The molecule has 36 heavy (non-hydrogen) atoms. The van der Waals surface area contributed by atoms with Crippen molar-refractivity contribution in [3.8, 4) is 5.75 Å². The monoisotopic (exact) mass is 488 g/mol. The third-order valence-electron chi connectivity index (χ3n) is 6.92. The molecular formula is C31H37FN2O2. The number of piperidine rings is 1. The van der Waals surface area contributed by atoms with Crippen LogP contribution in [0.2, 0.25) is 0 Å². The molecule has 4 rings (SSSR count). The van der Waals surface area contributed by atoms with E-state index in [9.17, 15) is 9.18 Å². The third kappa shape index (κ3) is 6.94. The fourth-order valence-electron chi connectivity index (χ4n) is 4.86. The molecule has 0 aromatic heterocycles. The van der Waals surface area contributed by atoms with Gasteiger partial charge in [-0.2, -0.15) is 0 Å². The van der Waals surface area contributed by atoms with E-state index in [2.05, 4.69) is 50.1 Å². The first-order valence-electron chi connectivity index (χ1n) is 12.9. The summed E-state index contributed by atoms with van der Waals surface area (Å²) in [5.74, 6) is 1.11. The van der Waals surface area contributed by atoms with Crippen molar-refractivity contribution in [3.05, 3.63) is 101 Å². The summed E-state index contributed by atoms with van der Waals surface area (Å²) in [6, 6.07) is 25.2. The number of hydrogen-bond acceptors (Lipinski definition) is 3. The number of carbonyl (C=O) groups is 1. The Bertz CT molecular complexity index is 1100. The predicted molar refractivity (Wildman–Crippen MR) is 142 cm³/mol. The van der Waals surface area contributed by atoms with Crippen LogP contribution in [0.5, 0.6) is 5.75 Å². The van der Waals surface area contributed by atoms with E-state index in [1.165, 1.54) is 17.7 Å². The summed E-state index contributed by atoms with van der Waals surface area (Å²) in [6.45, 7) is 6.30. The quantitative estimate of drug-likeness (QED) is 0.356. The lowest BCUT2D eigenvalue weighted by molar-refractivity contribution is -0.135. The zero-order valence-corrected chi connectivity index (χ0v) is 21.6. The van der Waals surface area contributed by atoms with Gasteiger partial charge in [-0.25, -0.2) is 4.39 Å². The topological polar surface area (TPSA) is 32.8 Å². The highest BCUT2D eigenvalue weighted by molar-refractivity contribution is 5.79. The maximum atomic E-state index is 13.7. The lowest BCUT2D eigenvalue weighted by Gasteiger charge is -2.42. The molecule has 1 fully saturated rings. The molecule has 0 bridgehead atoms. The van der Waals surface area contributed by atoms with Crippen LogP contribution < -0.4 is 4.74 Å². The molecule has 4 nitrogen and oxygen atoms in total. The lowest BCUT2D eigenvalue weighted by Crippen LogP contribution is -2.47. The van der Waals surface area contributed by atoms with Crippen LogP contribution in [0.25, 0.3) is 0 Å². The summed E-state index contributed by atoms with van der Waals surface area (Å²) in [4.78, 5) is 18.1. The van der Waals surface area contributed by atoms with Crippen molar-refractivity contribution in [3.63, 3.8) is 0 Å². The van der Waals surface area contributed by atoms with Crippen LogP contribution in [0.4, 0.5) is 4.39 Å². The van der Waals surface area contributed by atoms with Gasteiger partial charge in [-0.15, -0.1) is 0 Å². The van der Waals surface area contributed by atoms with Crippen molar-refractivity contribution in [2.45, 2.75) is 51.7 Å². The average molecular weight is 489 g/mol. The number of benzene rings is 3. The maximum Gasteiger partial charge on any atom is 0.227 e. The normalized spacial score (nSPS) is 18.2. The minimum atomic E-state index is -0.264. The summed E-state index contributed by atoms with van der Waals surface area (Å²) < 4.78 is 19.3. The first-order valence-corrected chi connectivity index (χ1v) is 12.9. The summed E-state index contributed by atoms with van der Waals surface area (Å²) in [5, 5.41) is 0. The Labute approximate surface area is 214 Å². The molecule has 1 saturated heterocycles. The van der Waals surface area contributed by atoms with Gasteiger partial charge in [-0.05, 0) is 66.8 Å². The van der Waals surface area contributed by atoms with E-state index in [4.69, 9.17) is 4.74 Å². The SMILES string of the molecule is CC(C)COc1ccc(CC(=O)N(Cc2ccc(F)cc2)[C@@H]2CCN(C)[C@@H](c3ccccc3)C2)cc1. The van der Waals surface area contributed by atoms with Crippen LogP contribution in [0.15, 0.2) is 78.9 Å². The zero-order valence-electron chi connectivity index (χ0n) is 21.6. The van der Waals surface area contributed by atoms with E-state index in [0.717, 1.165) is 36.3 Å². The number of amides is 1. The summed E-state index contributed by atoms with van der Waals surface area (Å²) in [7, 11) is 2.16. The summed E-state index contributed by atoms with van der Waals surface area (Å²) >= 11 is 0. The Hall–Kier alpha value is -3.18. The number of nitrogens with zero attached hydrogens (tertiary/aromatic N) is 2. The number of halogens is 1. The molecule has 0 N–H and O–H groups in total. The molecule has 1 aliphatic heterocycles. The largest absolute Gasteiger partial charge is 0.493 e. The Kier molecular flexibility index (Phi) is 8.76. The van der Waals surface area contributed by atoms with Gasteiger partial charge in [0.1, 0.15) is 11.6 Å². The van der Waals surface area contributed by atoms with Gasteiger partial charge in [0.2, 0.25) is 5.91 Å². The standard InChI is InChI=1S/C31H37FN2O2/c1-23(2)22-36-29-15-11-24(12-16-29)19-31(35)34(21-25-9-13-27(32)14-10-25)28-17-18-33(3)30(20-28)26-7-5-4-6-8-26/h4-16,23,28,30H,17-22H2,1-3H3/t28-,30-/m1/s1. The second-order valence-electron chi connectivity index (χ2n) is 10.3. The van der Waals surface area contributed by atoms with Crippen molar-refractivity contribution >= 4 is 5.91 Å². The van der Waals surface area contributed by atoms with Crippen molar-refractivity contribution in [1.29, 1.82) is 0 Å². The lowest BCUT2D eigenvalue weighted by atomic mass is 9.90. The van der Waals surface area contributed by atoms with Gasteiger partial charge >= 0.3 is 0 Å². The van der Waals surface area contributed by atoms with Crippen molar-refractivity contribution < 1.29 is 13.9 Å². The predicted octanol–water partition coefficient (Wildman–Crippen LogP) is 6.27. The highest BCUT2D eigenvalue weighted by Gasteiger charge is 2.33. The molecule has 0 unspecified atom stereocenters. The highest BCUT2D eigenvalue weighted by atomic mass is 19.1. The van der Waals surface area contributed by atoms with Gasteiger partial charge < -0.3 is 9.64 Å². The fraction of sp³-hybridized carbons (Fsp3) is 0.387. The van der Waals surface area contributed by atoms with Gasteiger partial charge in [0, 0.05) is 25.2 Å². The molecule has 0 aliphatic carbocycles. The Morgan fingerprint density at radius 2 is 1.67 bits per heavy atom. The molecular weight excluding hydrogens is 451 g/mol. The number of hydrogen-bond donors (Lipinski definition) is 0. The third-order valence-corrected chi connectivity index (χ3v) is 6.92. The molecule has 0 spiro atoms. The van der Waals surface area contributed by atoms with Crippen molar-refractivity contribution in [1.82, 2.24) is 9.80 Å². The molecule has 0 radical (unpaired) electrons. The minimum Gasteiger partial charge on any atom is -0.493 e. The van der Waals surface area contributed by atoms with E-state index in [1.807, 2.05) is 35.2 Å². The van der Waals surface area contributed by atoms with Crippen molar-refractivity contribution in [2.24, 2.45) is 5.92 Å². The number of likely N-dealkylation sites (tertiary alicyclic amines) is 1. The molecule has 1 amide bonds. The number of ether oxygens (including phenoxy) is 1. The van der Waals surface area contributed by atoms with Crippen LogP contribution in [0.1, 0.15) is 49.4 Å². The van der Waals surface area contributed by atoms with Gasteiger partial charge in [0.15, 0.2) is 0 Å². The molecule has 3 aromatic rings. The van der Waals surface area contributed by atoms with E-state index in [1.54, 1.807) is 12.1 Å². The van der Waals surface area contributed by atoms with Crippen LogP contribution in [0.3, 0.4) is 0 Å². The van der Waals surface area contributed by atoms with Crippen LogP contribution in [-0.2, 0) is 17.8 Å². The molecule has 2 atom stereocenters. The van der Waals surface area contributed by atoms with Gasteiger partial charge in [-0.3, -0.25) is 9.69 Å². The molecule has 0 saturated carbocycles. The van der Waals surface area contributed by atoms with Crippen LogP contribution in [0, 0.1) is 11.7 Å². The van der Waals surface area contributed by atoms with Crippen molar-refractivity contribution in [2.75, 3.05) is 20.2 Å². The average Bonchev–Trinajstić information content (AvgIpc) is 2.89. The molecule has 5 heteroatoms. The van der Waals surface area contributed by atoms with E-state index in [0.29, 0.717) is 25.5 Å². The van der Waals surface area contributed by atoms with E-state index < -0.39 is 0 Å². The first-order chi connectivity index (χ1) is 17.4. The van der Waals surface area contributed by atoms with Gasteiger partial charge in [0.25, 0.3) is 0 Å². The van der Waals surface area contributed by atoms with Crippen LogP contribution in [-0.4, -0.2) is 41.9 Å². The second-order valence-corrected chi connectivity index (χ2v) is 10.3. The Morgan fingerprint density at radius 1 is 1.00 bits per heavy atom. The number of carbonyl (C=O) groups excluding carboxylic acids is 1. The van der Waals surface area contributed by atoms with E-state index in [-0.39, 0.29) is 23.8 Å². The molecule has 1 heterocycles. The van der Waals surface area contributed by atoms with Crippen LogP contribution >= 0.6 is 0 Å². The Balaban J connectivity index is 1.52. The highest BCUT2D eigenvalue weighted by Crippen LogP contribution is 2.33. The van der Waals surface area contributed by atoms with E-state index >= 15 is 0 Å². The molecule has 1 aliphatic rings. The van der Waals surface area contributed by atoms with Gasteiger partial charge in [-0.1, -0.05) is 68.4 Å². The first kappa shape index (κ1) is 25.9. The molecule has 3 aromatic carbocycles.